The summed E-state index contributed by atoms with van der Waals surface area (Å²) in [5.41, 5.74) is 9.89. The number of hydrogen-bond acceptors (Lipinski definition) is 6. The van der Waals surface area contributed by atoms with Gasteiger partial charge in [-0.15, -0.1) is 10.2 Å². The summed E-state index contributed by atoms with van der Waals surface area (Å²) >= 11 is 0. The molecule has 0 bridgehead atoms. The zero-order valence-electron chi connectivity index (χ0n) is 20.3. The van der Waals surface area contributed by atoms with Crippen LogP contribution in [0.15, 0.2) is 79.2 Å². The molecular weight excluding hydrogens is 452 g/mol. The molecule has 3 rings (SSSR count). The fourth-order valence-electron chi connectivity index (χ4n) is 3.50. The molecule has 4 N–H and O–H groups in total. The lowest BCUT2D eigenvalue weighted by Crippen LogP contribution is -2.28. The quantitative estimate of drug-likeness (QED) is 0.256. The van der Waals surface area contributed by atoms with Crippen LogP contribution in [0.1, 0.15) is 52.4 Å². The van der Waals surface area contributed by atoms with E-state index in [-0.39, 0.29) is 11.6 Å². The van der Waals surface area contributed by atoms with Gasteiger partial charge in [-0.1, -0.05) is 55.1 Å². The second-order valence-corrected chi connectivity index (χ2v) is 8.13. The molecule has 0 atom stereocenters. The van der Waals surface area contributed by atoms with E-state index in [1.165, 1.54) is 0 Å². The SMILES string of the molecule is C=C/C=C(\C=C(/N)NC(=O)c1nnc(Cc2ccccc2)[nH]1)c1cc(OCCCCC#N)ccc1C. The van der Waals surface area contributed by atoms with Gasteiger partial charge in [-0.05, 0) is 60.2 Å². The maximum absolute atomic E-state index is 12.7. The number of H-pyrrole nitrogens is 1. The third-order valence-electron chi connectivity index (χ3n) is 5.30. The molecule has 1 aromatic heterocycles. The van der Waals surface area contributed by atoms with E-state index in [1.807, 2.05) is 61.5 Å². The Balaban J connectivity index is 1.69. The van der Waals surface area contributed by atoms with Gasteiger partial charge < -0.3 is 20.8 Å². The lowest BCUT2D eigenvalue weighted by Gasteiger charge is -2.12. The molecule has 0 aliphatic heterocycles. The minimum atomic E-state index is -0.486. The predicted molar refractivity (Wildman–Crippen MR) is 140 cm³/mol. The molecule has 0 saturated heterocycles. The number of amides is 1. The minimum Gasteiger partial charge on any atom is -0.494 e. The molecule has 1 amide bonds. The fourth-order valence-corrected chi connectivity index (χ4v) is 3.50. The number of aromatic nitrogens is 3. The van der Waals surface area contributed by atoms with Crippen LogP contribution in [-0.4, -0.2) is 27.7 Å². The van der Waals surface area contributed by atoms with Crippen molar-refractivity contribution in [3.05, 3.63) is 107 Å². The van der Waals surface area contributed by atoms with Crippen molar-refractivity contribution in [3.8, 4) is 11.8 Å². The molecule has 0 aliphatic rings. The fraction of sp³-hybridized carbons (Fsp3) is 0.214. The third kappa shape index (κ3) is 7.71. The van der Waals surface area contributed by atoms with E-state index in [2.05, 4.69) is 33.1 Å². The minimum absolute atomic E-state index is 0.0782. The summed E-state index contributed by atoms with van der Waals surface area (Å²) in [5.74, 6) is 1.04. The summed E-state index contributed by atoms with van der Waals surface area (Å²) in [5, 5.41) is 19.3. The number of aryl methyl sites for hydroxylation is 1. The van der Waals surface area contributed by atoms with Gasteiger partial charge in [-0.3, -0.25) is 4.79 Å². The van der Waals surface area contributed by atoms with Crippen molar-refractivity contribution in [2.24, 2.45) is 5.73 Å². The van der Waals surface area contributed by atoms with Crippen molar-refractivity contribution < 1.29 is 9.53 Å². The molecule has 8 heteroatoms. The molecule has 3 aromatic rings. The standard InChI is InChI=1S/C28H30N6O2/c1-3-10-22(24-19-23(14-13-20(24)2)36-16-9-5-8-15-29)18-25(30)31-28(35)27-32-26(33-34-27)17-21-11-6-4-7-12-21/h3-4,6-7,10-14,18-19H,1,5,8-9,16-17,30H2,2H3,(H,31,35)(H,32,33,34)/b22-10+,25-18+. The number of ether oxygens (including phenoxy) is 1. The first-order valence-corrected chi connectivity index (χ1v) is 11.7. The van der Waals surface area contributed by atoms with Crippen molar-refractivity contribution in [2.75, 3.05) is 6.61 Å². The molecule has 0 radical (unpaired) electrons. The Morgan fingerprint density at radius 2 is 2.03 bits per heavy atom. The van der Waals surface area contributed by atoms with Gasteiger partial charge in [0.2, 0.25) is 5.82 Å². The molecule has 0 unspecified atom stereocenters. The highest BCUT2D eigenvalue weighted by Gasteiger charge is 2.13. The zero-order valence-corrected chi connectivity index (χ0v) is 20.3. The molecule has 0 saturated carbocycles. The summed E-state index contributed by atoms with van der Waals surface area (Å²) in [6.45, 7) is 6.30. The van der Waals surface area contributed by atoms with Gasteiger partial charge in [0.25, 0.3) is 5.91 Å². The van der Waals surface area contributed by atoms with E-state index in [0.29, 0.717) is 31.0 Å². The van der Waals surface area contributed by atoms with Crippen LogP contribution in [0.25, 0.3) is 5.57 Å². The average molecular weight is 483 g/mol. The number of nitrogens with zero attached hydrogens (tertiary/aromatic N) is 3. The second-order valence-electron chi connectivity index (χ2n) is 8.13. The van der Waals surface area contributed by atoms with Crippen molar-refractivity contribution >= 4 is 11.5 Å². The Bertz CT molecular complexity index is 1280. The van der Waals surface area contributed by atoms with Crippen LogP contribution >= 0.6 is 0 Å². The molecule has 8 nitrogen and oxygen atoms in total. The van der Waals surface area contributed by atoms with Crippen LogP contribution in [0.4, 0.5) is 0 Å². The normalized spacial score (nSPS) is 11.6. The van der Waals surface area contributed by atoms with Crippen LogP contribution in [-0.2, 0) is 6.42 Å². The van der Waals surface area contributed by atoms with Gasteiger partial charge in [0, 0.05) is 12.8 Å². The molecule has 2 aromatic carbocycles. The third-order valence-corrected chi connectivity index (χ3v) is 5.30. The summed E-state index contributed by atoms with van der Waals surface area (Å²) in [4.78, 5) is 15.6. The van der Waals surface area contributed by atoms with Crippen LogP contribution in [0.2, 0.25) is 0 Å². The number of rotatable bonds is 12. The van der Waals surface area contributed by atoms with E-state index in [9.17, 15) is 4.79 Å². The average Bonchev–Trinajstić information content (AvgIpc) is 3.34. The lowest BCUT2D eigenvalue weighted by atomic mass is 9.99. The first kappa shape index (κ1) is 26.0. The monoisotopic (exact) mass is 482 g/mol. The van der Waals surface area contributed by atoms with Crippen LogP contribution < -0.4 is 15.8 Å². The number of hydrogen-bond donors (Lipinski definition) is 3. The maximum atomic E-state index is 12.7. The van der Waals surface area contributed by atoms with Crippen molar-refractivity contribution in [3.63, 3.8) is 0 Å². The van der Waals surface area contributed by atoms with E-state index in [4.69, 9.17) is 15.7 Å². The maximum Gasteiger partial charge on any atom is 0.294 e. The zero-order chi connectivity index (χ0) is 25.8. The molecule has 36 heavy (non-hydrogen) atoms. The summed E-state index contributed by atoms with van der Waals surface area (Å²) < 4.78 is 5.85. The van der Waals surface area contributed by atoms with Crippen molar-refractivity contribution in [2.45, 2.75) is 32.6 Å². The largest absolute Gasteiger partial charge is 0.494 e. The number of aromatic amines is 1. The van der Waals surface area contributed by atoms with E-state index in [1.54, 1.807) is 12.2 Å². The van der Waals surface area contributed by atoms with Crippen LogP contribution in [0, 0.1) is 18.3 Å². The highest BCUT2D eigenvalue weighted by molar-refractivity contribution is 5.92. The van der Waals surface area contributed by atoms with E-state index >= 15 is 0 Å². The van der Waals surface area contributed by atoms with Gasteiger partial charge in [-0.2, -0.15) is 5.26 Å². The second kappa shape index (κ2) is 13.3. The van der Waals surface area contributed by atoms with Crippen molar-refractivity contribution in [1.82, 2.24) is 20.5 Å². The Hall–Kier alpha value is -4.64. The van der Waals surface area contributed by atoms with Crippen LogP contribution in [0.3, 0.4) is 0 Å². The number of unbranched alkanes of at least 4 members (excludes halogenated alkanes) is 2. The summed E-state index contributed by atoms with van der Waals surface area (Å²) in [6, 6.07) is 17.7. The number of benzene rings is 2. The molecule has 1 heterocycles. The predicted octanol–water partition coefficient (Wildman–Crippen LogP) is 4.58. The highest BCUT2D eigenvalue weighted by Crippen LogP contribution is 2.26. The number of carbonyl (C=O) groups is 1. The highest BCUT2D eigenvalue weighted by atomic mass is 16.5. The molecule has 0 aliphatic carbocycles. The number of nitriles is 1. The van der Waals surface area contributed by atoms with Gasteiger partial charge in [0.15, 0.2) is 0 Å². The molecule has 184 valence electrons. The molecule has 0 spiro atoms. The Morgan fingerprint density at radius 1 is 1.22 bits per heavy atom. The molecular formula is C28H30N6O2. The van der Waals surface area contributed by atoms with Gasteiger partial charge in [0.05, 0.1) is 12.7 Å². The Morgan fingerprint density at radius 3 is 2.78 bits per heavy atom. The van der Waals surface area contributed by atoms with E-state index in [0.717, 1.165) is 35.1 Å². The number of carbonyl (C=O) groups excluding carboxylic acids is 1. The van der Waals surface area contributed by atoms with E-state index < -0.39 is 5.91 Å². The Kier molecular flexibility index (Phi) is 9.60. The molecule has 0 fully saturated rings. The first-order valence-electron chi connectivity index (χ1n) is 11.7. The first-order chi connectivity index (χ1) is 17.5. The summed E-state index contributed by atoms with van der Waals surface area (Å²) in [7, 11) is 0. The smallest absolute Gasteiger partial charge is 0.294 e. The van der Waals surface area contributed by atoms with Crippen LogP contribution in [0.5, 0.6) is 5.75 Å². The lowest BCUT2D eigenvalue weighted by molar-refractivity contribution is 0.0955. The van der Waals surface area contributed by atoms with Gasteiger partial charge in [-0.25, -0.2) is 0 Å². The Labute approximate surface area is 211 Å². The van der Waals surface area contributed by atoms with Gasteiger partial charge >= 0.3 is 0 Å². The topological polar surface area (TPSA) is 130 Å². The number of nitrogens with two attached hydrogens (primary N) is 1. The summed E-state index contributed by atoms with van der Waals surface area (Å²) in [6.07, 6.45) is 7.79. The number of allylic oxidation sites excluding steroid dienone is 4. The van der Waals surface area contributed by atoms with Gasteiger partial charge in [0.1, 0.15) is 17.4 Å². The van der Waals surface area contributed by atoms with Crippen molar-refractivity contribution in [1.29, 1.82) is 5.26 Å². The number of nitrogens with one attached hydrogen (secondary N) is 2.